The van der Waals surface area contributed by atoms with E-state index in [-0.39, 0.29) is 58.9 Å². The van der Waals surface area contributed by atoms with Gasteiger partial charge in [-0.2, -0.15) is 4.98 Å². The Morgan fingerprint density at radius 1 is 1.04 bits per heavy atom. The maximum Gasteiger partial charge on any atom is 0.410 e. The summed E-state index contributed by atoms with van der Waals surface area (Å²) in [7, 11) is 0. The molecule has 0 unspecified atom stereocenters. The number of ether oxygens (including phenoxy) is 1. The van der Waals surface area contributed by atoms with Crippen LogP contribution in [0.1, 0.15) is 65.6 Å². The topological polar surface area (TPSA) is 107 Å². The van der Waals surface area contributed by atoms with E-state index in [1.807, 2.05) is 32.6 Å². The van der Waals surface area contributed by atoms with E-state index in [4.69, 9.17) is 9.15 Å². The molecule has 0 N–H and O–H groups in total. The molecule has 1 aliphatic rings. The first-order valence-electron chi connectivity index (χ1n) is 15.8. The molecule has 2 atom stereocenters. The smallest absolute Gasteiger partial charge is 0.410 e. The fourth-order valence-corrected chi connectivity index (χ4v) is 6.25. The third-order valence-electron chi connectivity index (χ3n) is 8.48. The average molecular weight is 663 g/mol. The number of pyridine rings is 2. The number of hydrogen-bond donors (Lipinski definition) is 0. The van der Waals surface area contributed by atoms with Crippen molar-refractivity contribution in [1.82, 2.24) is 24.4 Å². The van der Waals surface area contributed by atoms with Crippen LogP contribution in [0.25, 0.3) is 38.9 Å². The van der Waals surface area contributed by atoms with E-state index in [1.54, 1.807) is 44.9 Å². The van der Waals surface area contributed by atoms with Gasteiger partial charge in [0.25, 0.3) is 0 Å². The predicted molar refractivity (Wildman–Crippen MR) is 176 cm³/mol. The van der Waals surface area contributed by atoms with Crippen molar-refractivity contribution >= 4 is 33.9 Å². The van der Waals surface area contributed by atoms with Crippen LogP contribution in [-0.2, 0) is 4.74 Å². The minimum Gasteiger partial charge on any atom is -0.464 e. The van der Waals surface area contributed by atoms with Crippen LogP contribution in [0.4, 0.5) is 23.8 Å². The van der Waals surface area contributed by atoms with Crippen LogP contribution < -0.4 is 10.6 Å². The van der Waals surface area contributed by atoms with E-state index < -0.39 is 46.1 Å². The monoisotopic (exact) mass is 662 g/mol. The van der Waals surface area contributed by atoms with Gasteiger partial charge >= 0.3 is 11.8 Å². The van der Waals surface area contributed by atoms with Crippen LogP contribution >= 0.6 is 0 Å². The van der Waals surface area contributed by atoms with Crippen molar-refractivity contribution in [2.75, 3.05) is 18.0 Å². The summed E-state index contributed by atoms with van der Waals surface area (Å²) in [5, 5.41) is 0.375. The third-order valence-corrected chi connectivity index (χ3v) is 8.48. The molecule has 0 bridgehead atoms. The van der Waals surface area contributed by atoms with E-state index in [0.29, 0.717) is 16.9 Å². The Kier molecular flexibility index (Phi) is 8.20. The number of furan rings is 1. The lowest BCUT2D eigenvalue weighted by molar-refractivity contribution is 0.0130. The molecule has 1 aliphatic heterocycles. The predicted octanol–water partition coefficient (Wildman–Crippen LogP) is 7.27. The number of fused-ring (bicyclic) bond motifs is 2. The van der Waals surface area contributed by atoms with Crippen molar-refractivity contribution in [1.29, 1.82) is 0 Å². The molecule has 5 aromatic rings. The minimum atomic E-state index is -1.34. The van der Waals surface area contributed by atoms with E-state index in [1.165, 1.54) is 16.9 Å². The molecular weight excluding hydrogens is 625 g/mol. The maximum absolute atomic E-state index is 16.3. The second kappa shape index (κ2) is 11.9. The molecule has 0 saturated carbocycles. The van der Waals surface area contributed by atoms with Gasteiger partial charge < -0.3 is 19.0 Å². The fraction of sp³-hybridized carbons (Fsp3) is 0.400. The molecule has 4 aromatic heterocycles. The quantitative estimate of drug-likeness (QED) is 0.198. The van der Waals surface area contributed by atoms with Crippen LogP contribution in [0.15, 0.2) is 45.9 Å². The van der Waals surface area contributed by atoms with Crippen LogP contribution in [0.3, 0.4) is 0 Å². The van der Waals surface area contributed by atoms with Crippen molar-refractivity contribution < 1.29 is 27.1 Å². The van der Waals surface area contributed by atoms with Crippen LogP contribution in [0.5, 0.6) is 0 Å². The highest BCUT2D eigenvalue weighted by atomic mass is 19.2. The molecule has 1 aromatic carbocycles. The van der Waals surface area contributed by atoms with Crippen molar-refractivity contribution in [2.45, 2.75) is 79.0 Å². The standard InChI is InChI=1S/C35H37F3N6O4/c1-17(2)27-29(18(3)9-11-39-27)44-32-22(14-24(37)28(40-32)25-26(38)23(36)13-21-10-12-47-30(21)25)31(41-33(44)45)42-15-20(5)43(16-19(42)4)34(46)48-35(6,7)8/h9-14,17,19-20H,15-16H2,1-8H3/t19-,20+/m0/s1. The van der Waals surface area contributed by atoms with E-state index >= 15 is 8.78 Å². The highest BCUT2D eigenvalue weighted by Gasteiger charge is 2.37. The normalized spacial score (nSPS) is 17.2. The average Bonchev–Trinajstić information content (AvgIpc) is 3.46. The number of piperazine rings is 1. The van der Waals surface area contributed by atoms with Gasteiger partial charge in [0.1, 0.15) is 22.7 Å². The molecule has 6 rings (SSSR count). The summed E-state index contributed by atoms with van der Waals surface area (Å²) < 4.78 is 58.9. The maximum atomic E-state index is 16.3. The third kappa shape index (κ3) is 5.64. The van der Waals surface area contributed by atoms with E-state index in [2.05, 4.69) is 15.0 Å². The number of benzene rings is 1. The first kappa shape index (κ1) is 33.0. The highest BCUT2D eigenvalue weighted by Crippen LogP contribution is 2.38. The first-order valence-corrected chi connectivity index (χ1v) is 15.8. The first-order chi connectivity index (χ1) is 22.6. The lowest BCUT2D eigenvalue weighted by Crippen LogP contribution is -2.59. The molecule has 1 amide bonds. The molecule has 48 heavy (non-hydrogen) atoms. The molecular formula is C35H37F3N6O4. The summed E-state index contributed by atoms with van der Waals surface area (Å²) in [6.45, 7) is 15.2. The summed E-state index contributed by atoms with van der Waals surface area (Å²) in [5.74, 6) is -3.51. The van der Waals surface area contributed by atoms with Gasteiger partial charge in [0.15, 0.2) is 23.1 Å². The molecule has 13 heteroatoms. The highest BCUT2D eigenvalue weighted by molar-refractivity contribution is 5.95. The van der Waals surface area contributed by atoms with Crippen LogP contribution in [-0.4, -0.2) is 61.3 Å². The van der Waals surface area contributed by atoms with Gasteiger partial charge in [0, 0.05) is 36.8 Å². The van der Waals surface area contributed by atoms with Crippen molar-refractivity contribution in [2.24, 2.45) is 0 Å². The largest absolute Gasteiger partial charge is 0.464 e. The molecule has 1 saturated heterocycles. The van der Waals surface area contributed by atoms with Gasteiger partial charge in [0.05, 0.1) is 28.6 Å². The second-order valence-electron chi connectivity index (χ2n) is 13.6. The summed E-state index contributed by atoms with van der Waals surface area (Å²) in [4.78, 5) is 44.3. The van der Waals surface area contributed by atoms with Crippen molar-refractivity contribution in [3.05, 3.63) is 75.9 Å². The minimum absolute atomic E-state index is 0.0304. The van der Waals surface area contributed by atoms with Gasteiger partial charge in [-0.1, -0.05) is 13.8 Å². The Morgan fingerprint density at radius 3 is 2.46 bits per heavy atom. The van der Waals surface area contributed by atoms with Gasteiger partial charge in [-0.25, -0.2) is 32.3 Å². The van der Waals surface area contributed by atoms with Crippen molar-refractivity contribution in [3.8, 4) is 16.9 Å². The lowest BCUT2D eigenvalue weighted by atomic mass is 10.0. The second-order valence-corrected chi connectivity index (χ2v) is 13.6. The number of anilines is 1. The van der Waals surface area contributed by atoms with Gasteiger partial charge in [-0.3, -0.25) is 4.98 Å². The SMILES string of the molecule is Cc1ccnc(C(C)C)c1-n1c(=O)nc(N2C[C@@H](C)N(C(=O)OC(C)(C)C)C[C@@H]2C)c2cc(F)c(-c3c(F)c(F)cc4ccoc34)nc21. The van der Waals surface area contributed by atoms with Crippen LogP contribution in [0, 0.1) is 24.4 Å². The van der Waals surface area contributed by atoms with Gasteiger partial charge in [0.2, 0.25) is 0 Å². The molecule has 0 radical (unpaired) electrons. The molecule has 0 aliphatic carbocycles. The van der Waals surface area contributed by atoms with E-state index in [0.717, 1.165) is 12.1 Å². The number of carbonyl (C=O) groups is 1. The summed E-state index contributed by atoms with van der Waals surface area (Å²) in [6.07, 6.45) is 2.41. The number of halogens is 3. The Bertz CT molecular complexity index is 2140. The molecule has 0 spiro atoms. The zero-order chi connectivity index (χ0) is 34.8. The molecule has 1 fully saturated rings. The number of aryl methyl sites for hydroxylation is 1. The molecule has 5 heterocycles. The fourth-order valence-electron chi connectivity index (χ4n) is 6.25. The van der Waals surface area contributed by atoms with Gasteiger partial charge in [-0.15, -0.1) is 0 Å². The Balaban J connectivity index is 1.62. The van der Waals surface area contributed by atoms with E-state index in [9.17, 15) is 14.0 Å². The summed E-state index contributed by atoms with van der Waals surface area (Å²) >= 11 is 0. The zero-order valence-electron chi connectivity index (χ0n) is 28.1. The summed E-state index contributed by atoms with van der Waals surface area (Å²) in [5.41, 5.74) is -0.927. The Morgan fingerprint density at radius 2 is 1.77 bits per heavy atom. The van der Waals surface area contributed by atoms with Crippen LogP contribution in [0.2, 0.25) is 0 Å². The zero-order valence-corrected chi connectivity index (χ0v) is 28.1. The number of rotatable bonds is 4. The Hall–Kier alpha value is -4.94. The number of nitrogens with zero attached hydrogens (tertiary/aromatic N) is 6. The Labute approximate surface area is 275 Å². The number of carbonyl (C=O) groups excluding carboxylic acids is 1. The summed E-state index contributed by atoms with van der Waals surface area (Å²) in [6, 6.07) is 4.52. The number of aromatic nitrogens is 4. The molecule has 10 nitrogen and oxygen atoms in total. The van der Waals surface area contributed by atoms with Crippen molar-refractivity contribution in [3.63, 3.8) is 0 Å². The lowest BCUT2D eigenvalue weighted by Gasteiger charge is -2.44. The van der Waals surface area contributed by atoms with Gasteiger partial charge in [-0.05, 0) is 77.3 Å². The number of hydrogen-bond acceptors (Lipinski definition) is 8. The molecule has 252 valence electrons. The number of amides is 1.